The van der Waals surface area contributed by atoms with Crippen molar-refractivity contribution < 1.29 is 13.2 Å². The zero-order valence-electron chi connectivity index (χ0n) is 9.44. The number of benzene rings is 1. The Morgan fingerprint density at radius 2 is 1.89 bits per heavy atom. The Bertz CT molecular complexity index is 631. The van der Waals surface area contributed by atoms with Gasteiger partial charge in [0.25, 0.3) is 0 Å². The first-order valence-corrected chi connectivity index (χ1v) is 5.16. The van der Waals surface area contributed by atoms with Crippen LogP contribution in [0.1, 0.15) is 11.3 Å². The number of hydrogen-bond acceptors (Lipinski definition) is 4. The van der Waals surface area contributed by atoms with Crippen LogP contribution in [0.4, 0.5) is 24.7 Å². The number of hydrogen-bond donors (Lipinski definition) is 1. The molecule has 2 rings (SSSR count). The Labute approximate surface area is 106 Å². The fraction of sp³-hybridized carbons (Fsp3) is 0.0833. The summed E-state index contributed by atoms with van der Waals surface area (Å²) in [6.45, 7) is 0. The van der Waals surface area contributed by atoms with E-state index >= 15 is 0 Å². The first-order chi connectivity index (χ1) is 9.00. The minimum atomic E-state index is -4.46. The van der Waals surface area contributed by atoms with Gasteiger partial charge in [0.05, 0.1) is 11.3 Å². The molecule has 1 N–H and O–H groups in total. The zero-order valence-corrected chi connectivity index (χ0v) is 9.44. The minimum absolute atomic E-state index is 0.0713. The largest absolute Gasteiger partial charge is 0.418 e. The monoisotopic (exact) mass is 264 g/mol. The molecule has 96 valence electrons. The van der Waals surface area contributed by atoms with Crippen LogP contribution in [-0.2, 0) is 6.18 Å². The normalized spacial score (nSPS) is 10.8. The van der Waals surface area contributed by atoms with Crippen molar-refractivity contribution in [3.05, 3.63) is 47.9 Å². The van der Waals surface area contributed by atoms with E-state index < -0.39 is 11.7 Å². The van der Waals surface area contributed by atoms with E-state index in [0.717, 1.165) is 12.4 Å². The molecule has 1 aromatic carbocycles. The number of para-hydroxylation sites is 1. The molecule has 0 atom stereocenters. The van der Waals surface area contributed by atoms with Crippen molar-refractivity contribution in [1.82, 2.24) is 9.97 Å². The van der Waals surface area contributed by atoms with Gasteiger partial charge in [-0.2, -0.15) is 18.4 Å². The number of nitrogens with zero attached hydrogens (tertiary/aromatic N) is 3. The van der Waals surface area contributed by atoms with Gasteiger partial charge in [-0.05, 0) is 12.1 Å². The predicted molar refractivity (Wildman–Crippen MR) is 61.5 cm³/mol. The van der Waals surface area contributed by atoms with Gasteiger partial charge in [0.15, 0.2) is 0 Å². The maximum atomic E-state index is 12.8. The molecule has 0 radical (unpaired) electrons. The van der Waals surface area contributed by atoms with E-state index in [2.05, 4.69) is 15.3 Å². The standard InChI is InChI=1S/C12H7F3N4/c13-12(14,15)9-3-1-2-4-10(9)19-11-5-8(6-16)17-7-18-11/h1-5,7H,(H,17,18,19). The van der Waals surface area contributed by atoms with Crippen LogP contribution >= 0.6 is 0 Å². The minimum Gasteiger partial charge on any atom is -0.340 e. The second-order valence-corrected chi connectivity index (χ2v) is 3.57. The van der Waals surface area contributed by atoms with E-state index in [4.69, 9.17) is 5.26 Å². The van der Waals surface area contributed by atoms with Crippen molar-refractivity contribution in [3.8, 4) is 6.07 Å². The van der Waals surface area contributed by atoms with E-state index in [1.807, 2.05) is 0 Å². The summed E-state index contributed by atoms with van der Waals surface area (Å²) < 4.78 is 38.3. The van der Waals surface area contributed by atoms with Gasteiger partial charge in [-0.3, -0.25) is 0 Å². The van der Waals surface area contributed by atoms with Crippen LogP contribution in [0.2, 0.25) is 0 Å². The van der Waals surface area contributed by atoms with E-state index in [9.17, 15) is 13.2 Å². The average molecular weight is 264 g/mol. The maximum absolute atomic E-state index is 12.8. The van der Waals surface area contributed by atoms with E-state index in [1.54, 1.807) is 6.07 Å². The Morgan fingerprint density at radius 1 is 1.16 bits per heavy atom. The summed E-state index contributed by atoms with van der Waals surface area (Å²) in [4.78, 5) is 7.40. The molecule has 0 bridgehead atoms. The molecule has 0 unspecified atom stereocenters. The number of anilines is 2. The van der Waals surface area contributed by atoms with Crippen molar-refractivity contribution >= 4 is 11.5 Å². The van der Waals surface area contributed by atoms with Crippen molar-refractivity contribution in [2.45, 2.75) is 6.18 Å². The van der Waals surface area contributed by atoms with Crippen LogP contribution in [0.5, 0.6) is 0 Å². The summed E-state index contributed by atoms with van der Waals surface area (Å²) in [5, 5.41) is 11.2. The van der Waals surface area contributed by atoms with Gasteiger partial charge in [-0.15, -0.1) is 0 Å². The molecule has 1 aromatic heterocycles. The zero-order chi connectivity index (χ0) is 13.9. The third-order valence-corrected chi connectivity index (χ3v) is 2.28. The van der Waals surface area contributed by atoms with Crippen LogP contribution in [0.25, 0.3) is 0 Å². The van der Waals surface area contributed by atoms with E-state index in [1.165, 1.54) is 24.3 Å². The third kappa shape index (κ3) is 2.98. The molecule has 0 fully saturated rings. The lowest BCUT2D eigenvalue weighted by Gasteiger charge is -2.13. The van der Waals surface area contributed by atoms with E-state index in [-0.39, 0.29) is 17.2 Å². The molecule has 0 aliphatic heterocycles. The number of nitriles is 1. The summed E-state index contributed by atoms with van der Waals surface area (Å²) in [7, 11) is 0. The van der Waals surface area contributed by atoms with Crippen LogP contribution in [0.3, 0.4) is 0 Å². The molecule has 4 nitrogen and oxygen atoms in total. The SMILES string of the molecule is N#Cc1cc(Nc2ccccc2C(F)(F)F)ncn1. The van der Waals surface area contributed by atoms with Gasteiger partial charge in [0.1, 0.15) is 23.9 Å². The number of nitrogens with one attached hydrogen (secondary N) is 1. The van der Waals surface area contributed by atoms with Gasteiger partial charge < -0.3 is 5.32 Å². The summed E-state index contributed by atoms with van der Waals surface area (Å²) in [5.74, 6) is 0.128. The number of rotatable bonds is 2. The predicted octanol–water partition coefficient (Wildman–Crippen LogP) is 3.11. The maximum Gasteiger partial charge on any atom is 0.418 e. The van der Waals surface area contributed by atoms with Gasteiger partial charge in [-0.1, -0.05) is 12.1 Å². The van der Waals surface area contributed by atoms with Crippen LogP contribution in [-0.4, -0.2) is 9.97 Å². The van der Waals surface area contributed by atoms with E-state index in [0.29, 0.717) is 0 Å². The van der Waals surface area contributed by atoms with Crippen LogP contribution < -0.4 is 5.32 Å². The fourth-order valence-electron chi connectivity index (χ4n) is 1.46. The topological polar surface area (TPSA) is 61.6 Å². The van der Waals surface area contributed by atoms with Gasteiger partial charge in [0, 0.05) is 6.07 Å². The third-order valence-electron chi connectivity index (χ3n) is 2.28. The molecule has 0 spiro atoms. The van der Waals surface area contributed by atoms with Crippen molar-refractivity contribution in [2.24, 2.45) is 0 Å². The second-order valence-electron chi connectivity index (χ2n) is 3.57. The van der Waals surface area contributed by atoms with Crippen LogP contribution in [0, 0.1) is 11.3 Å². The lowest BCUT2D eigenvalue weighted by Crippen LogP contribution is -2.09. The molecule has 1 heterocycles. The first-order valence-electron chi connectivity index (χ1n) is 5.16. The Morgan fingerprint density at radius 3 is 2.58 bits per heavy atom. The summed E-state index contributed by atoms with van der Waals surface area (Å²) in [5.41, 5.74) is -0.855. The fourth-order valence-corrected chi connectivity index (χ4v) is 1.46. The molecular weight excluding hydrogens is 257 g/mol. The molecule has 0 aliphatic rings. The number of alkyl halides is 3. The van der Waals surface area contributed by atoms with Gasteiger partial charge in [-0.25, -0.2) is 9.97 Å². The van der Waals surface area contributed by atoms with Crippen molar-refractivity contribution in [2.75, 3.05) is 5.32 Å². The highest BCUT2D eigenvalue weighted by Crippen LogP contribution is 2.35. The second kappa shape index (κ2) is 4.94. The smallest absolute Gasteiger partial charge is 0.340 e. The first kappa shape index (κ1) is 12.8. The van der Waals surface area contributed by atoms with Crippen molar-refractivity contribution in [1.29, 1.82) is 5.26 Å². The van der Waals surface area contributed by atoms with Gasteiger partial charge >= 0.3 is 6.18 Å². The Kier molecular flexibility index (Phi) is 3.33. The Balaban J connectivity index is 2.36. The Hall–Kier alpha value is -2.62. The lowest BCUT2D eigenvalue weighted by molar-refractivity contribution is -0.136. The van der Waals surface area contributed by atoms with Crippen LogP contribution in [0.15, 0.2) is 36.7 Å². The van der Waals surface area contributed by atoms with Gasteiger partial charge in [0.2, 0.25) is 0 Å². The van der Waals surface area contributed by atoms with Crippen molar-refractivity contribution in [3.63, 3.8) is 0 Å². The quantitative estimate of drug-likeness (QED) is 0.905. The average Bonchev–Trinajstić information content (AvgIpc) is 2.38. The molecule has 2 aromatic rings. The molecule has 7 heteroatoms. The number of halogens is 3. The highest BCUT2D eigenvalue weighted by atomic mass is 19.4. The number of aromatic nitrogens is 2. The molecule has 0 saturated heterocycles. The molecule has 0 aliphatic carbocycles. The summed E-state index contributed by atoms with van der Waals surface area (Å²) in [6, 6.07) is 8.09. The molecular formula is C12H7F3N4. The highest BCUT2D eigenvalue weighted by molar-refractivity contribution is 5.61. The highest BCUT2D eigenvalue weighted by Gasteiger charge is 2.33. The molecule has 0 amide bonds. The summed E-state index contributed by atoms with van der Waals surface area (Å²) >= 11 is 0. The summed E-state index contributed by atoms with van der Waals surface area (Å²) in [6.07, 6.45) is -3.36. The molecule has 0 saturated carbocycles. The molecule has 19 heavy (non-hydrogen) atoms. The lowest BCUT2D eigenvalue weighted by atomic mass is 10.1.